The Labute approximate surface area is 92.3 Å². The van der Waals surface area contributed by atoms with Crippen molar-refractivity contribution in [3.05, 3.63) is 29.3 Å². The molecule has 0 unspecified atom stereocenters. The Morgan fingerprint density at radius 1 is 1.31 bits per heavy atom. The quantitative estimate of drug-likeness (QED) is 0.862. The van der Waals surface area contributed by atoms with Crippen molar-refractivity contribution in [2.45, 2.75) is 13.8 Å². The number of nitrogens with zero attached hydrogens (tertiary/aromatic N) is 1. The maximum Gasteiger partial charge on any atom is 0.259 e. The number of phenols is 1. The van der Waals surface area contributed by atoms with Gasteiger partial charge in [-0.2, -0.15) is 0 Å². The number of hydrogen-bond donors (Lipinski definition) is 1. The molecule has 0 aliphatic rings. The standard InChI is InChI=1S/C11H13F2NO2/c1-3-14(4-2)11(16)9-7(12)5-6-8(15)10(9)13/h5-6,15H,3-4H2,1-2H3. The predicted molar refractivity (Wildman–Crippen MR) is 55.3 cm³/mol. The average Bonchev–Trinajstić information content (AvgIpc) is 2.26. The molecule has 0 spiro atoms. The number of rotatable bonds is 3. The Hall–Kier alpha value is -1.65. The number of carbonyl (C=O) groups is 1. The normalized spacial score (nSPS) is 10.2. The summed E-state index contributed by atoms with van der Waals surface area (Å²) >= 11 is 0. The van der Waals surface area contributed by atoms with Crippen LogP contribution in [0.15, 0.2) is 12.1 Å². The van der Waals surface area contributed by atoms with Crippen LogP contribution in [-0.2, 0) is 0 Å². The Balaban J connectivity index is 3.22. The van der Waals surface area contributed by atoms with E-state index >= 15 is 0 Å². The highest BCUT2D eigenvalue weighted by atomic mass is 19.1. The van der Waals surface area contributed by atoms with Gasteiger partial charge in [-0.1, -0.05) is 0 Å². The summed E-state index contributed by atoms with van der Waals surface area (Å²) in [5.41, 5.74) is -0.705. The maximum atomic E-state index is 13.4. The third kappa shape index (κ3) is 2.13. The first-order chi connectivity index (χ1) is 7.52. The van der Waals surface area contributed by atoms with Crippen molar-refractivity contribution in [2.75, 3.05) is 13.1 Å². The van der Waals surface area contributed by atoms with Crippen LogP contribution in [-0.4, -0.2) is 29.0 Å². The second-order valence-corrected chi connectivity index (χ2v) is 3.23. The summed E-state index contributed by atoms with van der Waals surface area (Å²) in [6.45, 7) is 4.12. The molecule has 88 valence electrons. The number of hydrogen-bond acceptors (Lipinski definition) is 2. The predicted octanol–water partition coefficient (Wildman–Crippen LogP) is 2.15. The Bertz CT molecular complexity index is 403. The molecule has 0 atom stereocenters. The van der Waals surface area contributed by atoms with Crippen molar-refractivity contribution in [3.8, 4) is 5.75 Å². The van der Waals surface area contributed by atoms with Crippen LogP contribution >= 0.6 is 0 Å². The molecule has 0 aromatic heterocycles. The van der Waals surface area contributed by atoms with Gasteiger partial charge in [-0.25, -0.2) is 8.78 Å². The van der Waals surface area contributed by atoms with Gasteiger partial charge in [-0.05, 0) is 26.0 Å². The van der Waals surface area contributed by atoms with E-state index in [0.29, 0.717) is 13.1 Å². The molecule has 0 fully saturated rings. The van der Waals surface area contributed by atoms with E-state index < -0.39 is 28.9 Å². The van der Waals surface area contributed by atoms with Crippen LogP contribution < -0.4 is 0 Å². The second kappa shape index (κ2) is 4.92. The number of halogens is 2. The maximum absolute atomic E-state index is 13.4. The summed E-state index contributed by atoms with van der Waals surface area (Å²) in [7, 11) is 0. The van der Waals surface area contributed by atoms with Gasteiger partial charge in [0.1, 0.15) is 11.4 Å². The van der Waals surface area contributed by atoms with Crippen molar-refractivity contribution < 1.29 is 18.7 Å². The van der Waals surface area contributed by atoms with Crippen LogP contribution in [0.1, 0.15) is 24.2 Å². The summed E-state index contributed by atoms with van der Waals surface area (Å²) in [4.78, 5) is 13.0. The fourth-order valence-electron chi connectivity index (χ4n) is 1.41. The van der Waals surface area contributed by atoms with Gasteiger partial charge in [0.2, 0.25) is 0 Å². The SMILES string of the molecule is CCN(CC)C(=O)c1c(F)ccc(O)c1F. The van der Waals surface area contributed by atoms with Gasteiger partial charge in [0.05, 0.1) is 0 Å². The summed E-state index contributed by atoms with van der Waals surface area (Å²) in [6.07, 6.45) is 0. The highest BCUT2D eigenvalue weighted by molar-refractivity contribution is 5.95. The van der Waals surface area contributed by atoms with Crippen LogP contribution in [0.3, 0.4) is 0 Å². The van der Waals surface area contributed by atoms with Crippen molar-refractivity contribution >= 4 is 5.91 Å². The molecule has 0 bridgehead atoms. The lowest BCUT2D eigenvalue weighted by molar-refractivity contribution is 0.0762. The highest BCUT2D eigenvalue weighted by Gasteiger charge is 2.23. The van der Waals surface area contributed by atoms with Gasteiger partial charge in [0, 0.05) is 13.1 Å². The molecule has 0 aliphatic carbocycles. The third-order valence-corrected chi connectivity index (χ3v) is 2.34. The molecule has 16 heavy (non-hydrogen) atoms. The minimum atomic E-state index is -1.21. The van der Waals surface area contributed by atoms with Crippen molar-refractivity contribution in [1.29, 1.82) is 0 Å². The summed E-state index contributed by atoms with van der Waals surface area (Å²) in [5.74, 6) is -3.66. The van der Waals surface area contributed by atoms with Crippen LogP contribution in [0.5, 0.6) is 5.75 Å². The molecule has 0 saturated carbocycles. The number of carbonyl (C=O) groups excluding carboxylic acids is 1. The molecule has 0 heterocycles. The van der Waals surface area contributed by atoms with Gasteiger partial charge in [-0.3, -0.25) is 4.79 Å². The van der Waals surface area contributed by atoms with Gasteiger partial charge in [0.25, 0.3) is 5.91 Å². The number of benzene rings is 1. The largest absolute Gasteiger partial charge is 0.505 e. The molecule has 1 amide bonds. The highest BCUT2D eigenvalue weighted by Crippen LogP contribution is 2.23. The fourth-order valence-corrected chi connectivity index (χ4v) is 1.41. The van der Waals surface area contributed by atoms with E-state index in [-0.39, 0.29) is 0 Å². The lowest BCUT2D eigenvalue weighted by Gasteiger charge is -2.19. The van der Waals surface area contributed by atoms with Crippen molar-refractivity contribution in [1.82, 2.24) is 4.90 Å². The molecule has 1 rings (SSSR count). The first-order valence-corrected chi connectivity index (χ1v) is 4.99. The molecular formula is C11H13F2NO2. The Morgan fingerprint density at radius 2 is 1.88 bits per heavy atom. The van der Waals surface area contributed by atoms with Gasteiger partial charge in [0.15, 0.2) is 11.6 Å². The van der Waals surface area contributed by atoms with Crippen molar-refractivity contribution in [3.63, 3.8) is 0 Å². The van der Waals surface area contributed by atoms with E-state index in [9.17, 15) is 13.6 Å². The monoisotopic (exact) mass is 229 g/mol. The zero-order valence-corrected chi connectivity index (χ0v) is 9.13. The van der Waals surface area contributed by atoms with Crippen LogP contribution in [0.25, 0.3) is 0 Å². The third-order valence-electron chi connectivity index (χ3n) is 2.34. The minimum Gasteiger partial charge on any atom is -0.505 e. The molecule has 1 aromatic carbocycles. The molecule has 0 aliphatic heterocycles. The lowest BCUT2D eigenvalue weighted by atomic mass is 10.1. The molecule has 0 saturated heterocycles. The first-order valence-electron chi connectivity index (χ1n) is 4.99. The van der Waals surface area contributed by atoms with E-state index in [1.54, 1.807) is 13.8 Å². The lowest BCUT2D eigenvalue weighted by Crippen LogP contribution is -2.31. The molecule has 1 N–H and O–H groups in total. The summed E-state index contributed by atoms with van der Waals surface area (Å²) < 4.78 is 26.7. The second-order valence-electron chi connectivity index (χ2n) is 3.23. The van der Waals surface area contributed by atoms with Crippen molar-refractivity contribution in [2.24, 2.45) is 0 Å². The fraction of sp³-hybridized carbons (Fsp3) is 0.364. The van der Waals surface area contributed by atoms with Gasteiger partial charge in [-0.15, -0.1) is 0 Å². The smallest absolute Gasteiger partial charge is 0.259 e. The van der Waals surface area contributed by atoms with E-state index in [1.807, 2.05) is 0 Å². The molecule has 3 nitrogen and oxygen atoms in total. The number of aromatic hydroxyl groups is 1. The minimum absolute atomic E-state index is 0.351. The van der Waals surface area contributed by atoms with Gasteiger partial charge >= 0.3 is 0 Å². The molecular weight excluding hydrogens is 216 g/mol. The topological polar surface area (TPSA) is 40.5 Å². The Morgan fingerprint density at radius 3 is 2.38 bits per heavy atom. The summed E-state index contributed by atoms with van der Waals surface area (Å²) in [5, 5.41) is 9.09. The van der Waals surface area contributed by atoms with Crippen LogP contribution in [0.2, 0.25) is 0 Å². The summed E-state index contributed by atoms with van der Waals surface area (Å²) in [6, 6.07) is 1.75. The zero-order valence-electron chi connectivity index (χ0n) is 9.13. The van der Waals surface area contributed by atoms with E-state index in [2.05, 4.69) is 0 Å². The first kappa shape index (κ1) is 12.4. The van der Waals surface area contributed by atoms with Crippen LogP contribution in [0.4, 0.5) is 8.78 Å². The number of phenolic OH excluding ortho intramolecular Hbond substituents is 1. The van der Waals surface area contributed by atoms with Crippen LogP contribution in [0, 0.1) is 11.6 Å². The van der Waals surface area contributed by atoms with E-state index in [0.717, 1.165) is 12.1 Å². The molecule has 5 heteroatoms. The van der Waals surface area contributed by atoms with E-state index in [4.69, 9.17) is 5.11 Å². The Kier molecular flexibility index (Phi) is 3.82. The number of amides is 1. The van der Waals surface area contributed by atoms with E-state index in [1.165, 1.54) is 4.90 Å². The zero-order chi connectivity index (χ0) is 12.3. The van der Waals surface area contributed by atoms with Gasteiger partial charge < -0.3 is 10.0 Å². The average molecular weight is 229 g/mol. The molecule has 1 aromatic rings. The molecule has 0 radical (unpaired) electrons.